The second kappa shape index (κ2) is 6.71. The molecular formula is C15H17ClF2N4. The number of aromatic nitrogens is 3. The van der Waals surface area contributed by atoms with Crippen LogP contribution < -0.4 is 5.32 Å². The third-order valence-electron chi connectivity index (χ3n) is 3.97. The Morgan fingerprint density at radius 2 is 2.18 bits per heavy atom. The molecule has 1 aliphatic rings. The van der Waals surface area contributed by atoms with Crippen LogP contribution >= 0.6 is 11.6 Å². The van der Waals surface area contributed by atoms with E-state index in [1.165, 1.54) is 6.42 Å². The number of hydrogen-bond acceptors (Lipinski definition) is 3. The van der Waals surface area contributed by atoms with Crippen molar-refractivity contribution < 1.29 is 8.78 Å². The maximum atomic E-state index is 13.3. The molecule has 118 valence electrons. The van der Waals surface area contributed by atoms with Crippen molar-refractivity contribution in [1.29, 1.82) is 0 Å². The molecule has 0 saturated heterocycles. The van der Waals surface area contributed by atoms with Gasteiger partial charge in [0.25, 0.3) is 6.43 Å². The highest BCUT2D eigenvalue weighted by atomic mass is 35.5. The maximum absolute atomic E-state index is 13.3. The Morgan fingerprint density at radius 1 is 1.36 bits per heavy atom. The molecule has 3 rings (SSSR count). The van der Waals surface area contributed by atoms with E-state index in [2.05, 4.69) is 15.6 Å². The van der Waals surface area contributed by atoms with Crippen LogP contribution in [-0.2, 0) is 6.54 Å². The van der Waals surface area contributed by atoms with Gasteiger partial charge >= 0.3 is 0 Å². The normalized spacial score (nSPS) is 16.7. The van der Waals surface area contributed by atoms with Crippen LogP contribution in [0.25, 0.3) is 0 Å². The molecular weight excluding hydrogens is 310 g/mol. The summed E-state index contributed by atoms with van der Waals surface area (Å²) in [6, 6.07) is 5.87. The average Bonchev–Trinajstić information content (AvgIpc) is 2.85. The summed E-state index contributed by atoms with van der Waals surface area (Å²) < 4.78 is 28.4. The van der Waals surface area contributed by atoms with Gasteiger partial charge in [0, 0.05) is 11.6 Å². The molecule has 1 atom stereocenters. The molecule has 22 heavy (non-hydrogen) atoms. The topological polar surface area (TPSA) is 42.7 Å². The lowest BCUT2D eigenvalue weighted by Gasteiger charge is -2.24. The van der Waals surface area contributed by atoms with Crippen LogP contribution in [0.5, 0.6) is 0 Å². The molecule has 1 unspecified atom stereocenters. The standard InChI is InChI=1S/C15H17ClF2N4/c16-11-4-1-3-10(7-11)14(15(17)18)19-8-12-9-22(21-20-12)13-5-2-6-13/h1,3-4,7,9,13-15,19H,2,5-6,8H2. The molecule has 1 heterocycles. The van der Waals surface area contributed by atoms with Gasteiger partial charge in [-0.25, -0.2) is 13.5 Å². The lowest BCUT2D eigenvalue weighted by molar-refractivity contribution is 0.0973. The fraction of sp³-hybridized carbons (Fsp3) is 0.467. The monoisotopic (exact) mass is 326 g/mol. The highest BCUT2D eigenvalue weighted by molar-refractivity contribution is 6.30. The van der Waals surface area contributed by atoms with Gasteiger partial charge in [0.15, 0.2) is 0 Å². The minimum Gasteiger partial charge on any atom is -0.299 e. The first kappa shape index (κ1) is 15.4. The molecule has 1 N–H and O–H groups in total. The van der Waals surface area contributed by atoms with Crippen molar-refractivity contribution in [3.05, 3.63) is 46.7 Å². The Hall–Kier alpha value is -1.53. The highest BCUT2D eigenvalue weighted by Crippen LogP contribution is 2.30. The van der Waals surface area contributed by atoms with E-state index in [0.29, 0.717) is 22.3 Å². The molecule has 2 aromatic rings. The number of halogens is 3. The van der Waals surface area contributed by atoms with E-state index in [1.807, 2.05) is 10.9 Å². The summed E-state index contributed by atoms with van der Waals surface area (Å²) in [6.45, 7) is 0.244. The largest absolute Gasteiger partial charge is 0.299 e. The molecule has 0 radical (unpaired) electrons. The fourth-order valence-electron chi connectivity index (χ4n) is 2.49. The summed E-state index contributed by atoms with van der Waals surface area (Å²) in [5, 5.41) is 11.4. The molecule has 0 spiro atoms. The van der Waals surface area contributed by atoms with Crippen molar-refractivity contribution in [2.45, 2.75) is 44.3 Å². The van der Waals surface area contributed by atoms with Crippen LogP contribution in [0.15, 0.2) is 30.5 Å². The van der Waals surface area contributed by atoms with E-state index >= 15 is 0 Å². The molecule has 0 amide bonds. The van der Waals surface area contributed by atoms with Crippen LogP contribution in [0.1, 0.15) is 42.6 Å². The lowest BCUT2D eigenvalue weighted by Crippen LogP contribution is -2.27. The van der Waals surface area contributed by atoms with Gasteiger partial charge in [0.1, 0.15) is 0 Å². The van der Waals surface area contributed by atoms with Gasteiger partial charge < -0.3 is 0 Å². The van der Waals surface area contributed by atoms with E-state index < -0.39 is 12.5 Å². The summed E-state index contributed by atoms with van der Waals surface area (Å²) in [6.07, 6.45) is 2.73. The van der Waals surface area contributed by atoms with E-state index in [0.717, 1.165) is 12.8 Å². The molecule has 0 bridgehead atoms. The van der Waals surface area contributed by atoms with Crippen LogP contribution in [-0.4, -0.2) is 21.4 Å². The Morgan fingerprint density at radius 3 is 2.82 bits per heavy atom. The lowest BCUT2D eigenvalue weighted by atomic mass is 9.93. The zero-order chi connectivity index (χ0) is 15.5. The third-order valence-corrected chi connectivity index (χ3v) is 4.20. The summed E-state index contributed by atoms with van der Waals surface area (Å²) in [4.78, 5) is 0. The van der Waals surface area contributed by atoms with Gasteiger partial charge in [0.05, 0.1) is 24.0 Å². The molecule has 1 saturated carbocycles. The van der Waals surface area contributed by atoms with Crippen LogP contribution in [0.3, 0.4) is 0 Å². The summed E-state index contributed by atoms with van der Waals surface area (Å²) in [7, 11) is 0. The first-order valence-electron chi connectivity index (χ1n) is 7.31. The molecule has 1 aliphatic carbocycles. The number of nitrogens with zero attached hydrogens (tertiary/aromatic N) is 3. The Balaban J connectivity index is 1.65. The molecule has 1 aromatic heterocycles. The smallest absolute Gasteiger partial charge is 0.257 e. The van der Waals surface area contributed by atoms with Gasteiger partial charge in [-0.3, -0.25) is 5.32 Å². The summed E-state index contributed by atoms with van der Waals surface area (Å²) in [5.74, 6) is 0. The number of rotatable bonds is 6. The van der Waals surface area contributed by atoms with Gasteiger partial charge in [-0.1, -0.05) is 28.9 Å². The second-order valence-corrected chi connectivity index (χ2v) is 5.96. The van der Waals surface area contributed by atoms with Crippen molar-refractivity contribution in [1.82, 2.24) is 20.3 Å². The van der Waals surface area contributed by atoms with Gasteiger partial charge in [-0.15, -0.1) is 5.10 Å². The van der Waals surface area contributed by atoms with Crippen LogP contribution in [0.2, 0.25) is 5.02 Å². The Bertz CT molecular complexity index is 628. The molecule has 7 heteroatoms. The SMILES string of the molecule is FC(F)C(NCc1cn(C2CCC2)nn1)c1cccc(Cl)c1. The number of benzene rings is 1. The summed E-state index contributed by atoms with van der Waals surface area (Å²) >= 11 is 5.87. The summed E-state index contributed by atoms with van der Waals surface area (Å²) in [5.41, 5.74) is 1.13. The predicted molar refractivity (Wildman–Crippen MR) is 79.9 cm³/mol. The van der Waals surface area contributed by atoms with Gasteiger partial charge in [-0.05, 0) is 37.0 Å². The van der Waals surface area contributed by atoms with Crippen molar-refractivity contribution in [2.75, 3.05) is 0 Å². The van der Waals surface area contributed by atoms with Crippen molar-refractivity contribution in [3.8, 4) is 0 Å². The van der Waals surface area contributed by atoms with E-state index in [-0.39, 0.29) is 6.54 Å². The number of nitrogens with one attached hydrogen (secondary N) is 1. The Kier molecular flexibility index (Phi) is 4.69. The van der Waals surface area contributed by atoms with E-state index in [9.17, 15) is 8.78 Å². The second-order valence-electron chi connectivity index (χ2n) is 5.52. The first-order valence-corrected chi connectivity index (χ1v) is 7.69. The van der Waals surface area contributed by atoms with Gasteiger partial charge in [0.2, 0.25) is 0 Å². The fourth-order valence-corrected chi connectivity index (χ4v) is 2.69. The molecule has 0 aliphatic heterocycles. The van der Waals surface area contributed by atoms with E-state index in [4.69, 9.17) is 11.6 Å². The Labute approximate surface area is 132 Å². The molecule has 4 nitrogen and oxygen atoms in total. The van der Waals surface area contributed by atoms with E-state index in [1.54, 1.807) is 24.3 Å². The average molecular weight is 327 g/mol. The third kappa shape index (κ3) is 3.44. The van der Waals surface area contributed by atoms with Crippen molar-refractivity contribution in [3.63, 3.8) is 0 Å². The minimum atomic E-state index is -2.53. The van der Waals surface area contributed by atoms with Gasteiger partial charge in [-0.2, -0.15) is 0 Å². The molecule has 1 aromatic carbocycles. The highest BCUT2D eigenvalue weighted by Gasteiger charge is 2.24. The maximum Gasteiger partial charge on any atom is 0.257 e. The van der Waals surface area contributed by atoms with Crippen LogP contribution in [0.4, 0.5) is 8.78 Å². The zero-order valence-corrected chi connectivity index (χ0v) is 12.7. The minimum absolute atomic E-state index is 0.244. The first-order chi connectivity index (χ1) is 10.6. The van der Waals surface area contributed by atoms with Crippen molar-refractivity contribution in [2.24, 2.45) is 0 Å². The predicted octanol–water partition coefficient (Wildman–Crippen LogP) is 3.75. The number of alkyl halides is 2. The quantitative estimate of drug-likeness (QED) is 0.879. The van der Waals surface area contributed by atoms with Crippen LogP contribution in [0, 0.1) is 0 Å². The molecule has 1 fully saturated rings. The number of hydrogen-bond donors (Lipinski definition) is 1. The van der Waals surface area contributed by atoms with Crippen molar-refractivity contribution >= 4 is 11.6 Å². The zero-order valence-electron chi connectivity index (χ0n) is 11.9.